The first-order chi connectivity index (χ1) is 9.15. The normalized spacial score (nSPS) is 20.7. The Balaban J connectivity index is 1.72. The van der Waals surface area contributed by atoms with Crippen LogP contribution in [0.3, 0.4) is 0 Å². The average molecular weight is 283 g/mol. The predicted molar refractivity (Wildman–Crippen MR) is 80.1 cm³/mol. The SMILES string of the molecule is CN(C)C1CCCN(CCOc2ccc(Cl)cc2)C1. The molecule has 1 unspecified atom stereocenters. The smallest absolute Gasteiger partial charge is 0.119 e. The third-order valence-electron chi connectivity index (χ3n) is 3.70. The quantitative estimate of drug-likeness (QED) is 0.826. The van der Waals surface area contributed by atoms with E-state index in [0.29, 0.717) is 6.04 Å². The van der Waals surface area contributed by atoms with Gasteiger partial charge in [-0.15, -0.1) is 0 Å². The van der Waals surface area contributed by atoms with Crippen LogP contribution in [0.2, 0.25) is 5.02 Å². The molecule has 4 heteroatoms. The summed E-state index contributed by atoms with van der Waals surface area (Å²) < 4.78 is 5.75. The summed E-state index contributed by atoms with van der Waals surface area (Å²) in [5.74, 6) is 0.894. The Kier molecular flexibility index (Phi) is 5.49. The molecule has 0 aliphatic carbocycles. The van der Waals surface area contributed by atoms with Crippen molar-refractivity contribution in [3.63, 3.8) is 0 Å². The summed E-state index contributed by atoms with van der Waals surface area (Å²) >= 11 is 5.84. The van der Waals surface area contributed by atoms with E-state index in [2.05, 4.69) is 23.9 Å². The molecule has 0 bridgehead atoms. The van der Waals surface area contributed by atoms with E-state index in [1.807, 2.05) is 24.3 Å². The van der Waals surface area contributed by atoms with Gasteiger partial charge in [0.15, 0.2) is 0 Å². The highest BCUT2D eigenvalue weighted by atomic mass is 35.5. The fourth-order valence-electron chi connectivity index (χ4n) is 2.48. The molecule has 0 amide bonds. The number of hydrogen-bond acceptors (Lipinski definition) is 3. The molecule has 0 spiro atoms. The lowest BCUT2D eigenvalue weighted by molar-refractivity contribution is 0.117. The molecule has 19 heavy (non-hydrogen) atoms. The monoisotopic (exact) mass is 282 g/mol. The van der Waals surface area contributed by atoms with Crippen molar-refractivity contribution in [2.75, 3.05) is 40.3 Å². The summed E-state index contributed by atoms with van der Waals surface area (Å²) in [5.41, 5.74) is 0. The van der Waals surface area contributed by atoms with Crippen LogP contribution in [0.15, 0.2) is 24.3 Å². The fraction of sp³-hybridized carbons (Fsp3) is 0.600. The molecule has 1 aromatic carbocycles. The fourth-order valence-corrected chi connectivity index (χ4v) is 2.61. The molecule has 3 nitrogen and oxygen atoms in total. The third-order valence-corrected chi connectivity index (χ3v) is 3.95. The lowest BCUT2D eigenvalue weighted by Gasteiger charge is -2.35. The molecular weight excluding hydrogens is 260 g/mol. The first kappa shape index (κ1) is 14.6. The Hall–Kier alpha value is -0.770. The van der Waals surface area contributed by atoms with E-state index in [9.17, 15) is 0 Å². The van der Waals surface area contributed by atoms with E-state index < -0.39 is 0 Å². The molecule has 1 aliphatic rings. The molecule has 1 fully saturated rings. The molecule has 0 aromatic heterocycles. The second kappa shape index (κ2) is 7.13. The van der Waals surface area contributed by atoms with Gasteiger partial charge in [-0.25, -0.2) is 0 Å². The summed E-state index contributed by atoms with van der Waals surface area (Å²) in [6.07, 6.45) is 2.59. The van der Waals surface area contributed by atoms with Crippen molar-refractivity contribution in [1.29, 1.82) is 0 Å². The number of ether oxygens (including phenoxy) is 1. The summed E-state index contributed by atoms with van der Waals surface area (Å²) in [6, 6.07) is 8.24. The zero-order valence-corrected chi connectivity index (χ0v) is 12.6. The third kappa shape index (κ3) is 4.68. The van der Waals surface area contributed by atoms with Crippen LogP contribution in [0.1, 0.15) is 12.8 Å². The van der Waals surface area contributed by atoms with Gasteiger partial charge in [0.1, 0.15) is 12.4 Å². The molecule has 0 saturated carbocycles. The maximum atomic E-state index is 5.84. The highest BCUT2D eigenvalue weighted by molar-refractivity contribution is 6.30. The average Bonchev–Trinajstić information content (AvgIpc) is 2.41. The Morgan fingerprint density at radius 2 is 2.05 bits per heavy atom. The van der Waals surface area contributed by atoms with Crippen molar-refractivity contribution in [3.8, 4) is 5.75 Å². The number of hydrogen-bond donors (Lipinski definition) is 0. The number of piperidine rings is 1. The number of rotatable bonds is 5. The minimum absolute atomic E-state index is 0.685. The van der Waals surface area contributed by atoms with E-state index in [1.54, 1.807) is 0 Å². The van der Waals surface area contributed by atoms with Crippen LogP contribution in [-0.2, 0) is 0 Å². The topological polar surface area (TPSA) is 15.7 Å². The Bertz CT molecular complexity index is 380. The van der Waals surface area contributed by atoms with Crippen LogP contribution in [0.4, 0.5) is 0 Å². The molecule has 1 saturated heterocycles. The largest absolute Gasteiger partial charge is 0.492 e. The Morgan fingerprint density at radius 3 is 2.74 bits per heavy atom. The standard InChI is InChI=1S/C15H23ClN2O/c1-17(2)14-4-3-9-18(12-14)10-11-19-15-7-5-13(16)6-8-15/h5-8,14H,3-4,9-12H2,1-2H3. The minimum Gasteiger partial charge on any atom is -0.492 e. The summed E-state index contributed by atoms with van der Waals surface area (Å²) in [6.45, 7) is 4.07. The van der Waals surface area contributed by atoms with Crippen molar-refractivity contribution >= 4 is 11.6 Å². The van der Waals surface area contributed by atoms with Crippen molar-refractivity contribution in [2.24, 2.45) is 0 Å². The van der Waals surface area contributed by atoms with Gasteiger partial charge in [0, 0.05) is 24.2 Å². The number of likely N-dealkylation sites (tertiary alicyclic amines) is 1. The van der Waals surface area contributed by atoms with E-state index in [1.165, 1.54) is 19.4 Å². The van der Waals surface area contributed by atoms with Crippen molar-refractivity contribution in [1.82, 2.24) is 9.80 Å². The van der Waals surface area contributed by atoms with E-state index in [4.69, 9.17) is 16.3 Å². The maximum Gasteiger partial charge on any atom is 0.119 e. The van der Waals surface area contributed by atoms with Gasteiger partial charge in [-0.1, -0.05) is 11.6 Å². The van der Waals surface area contributed by atoms with Gasteiger partial charge in [0.25, 0.3) is 0 Å². The zero-order chi connectivity index (χ0) is 13.7. The molecular formula is C15H23ClN2O. The predicted octanol–water partition coefficient (Wildman–Crippen LogP) is 2.74. The van der Waals surface area contributed by atoms with E-state index >= 15 is 0 Å². The van der Waals surface area contributed by atoms with Crippen molar-refractivity contribution < 1.29 is 4.74 Å². The molecule has 1 aliphatic heterocycles. The van der Waals surface area contributed by atoms with Gasteiger partial charge in [-0.2, -0.15) is 0 Å². The van der Waals surface area contributed by atoms with Crippen LogP contribution in [0.25, 0.3) is 0 Å². The molecule has 1 atom stereocenters. The molecule has 1 aromatic rings. The summed E-state index contributed by atoms with van der Waals surface area (Å²) in [5, 5.41) is 0.747. The number of likely N-dealkylation sites (N-methyl/N-ethyl adjacent to an activating group) is 1. The number of benzene rings is 1. The van der Waals surface area contributed by atoms with E-state index in [-0.39, 0.29) is 0 Å². The molecule has 0 N–H and O–H groups in total. The van der Waals surface area contributed by atoms with Crippen molar-refractivity contribution in [2.45, 2.75) is 18.9 Å². The molecule has 1 heterocycles. The highest BCUT2D eigenvalue weighted by Gasteiger charge is 2.20. The van der Waals surface area contributed by atoms with Crippen LogP contribution in [0.5, 0.6) is 5.75 Å². The number of nitrogens with zero attached hydrogens (tertiary/aromatic N) is 2. The van der Waals surface area contributed by atoms with Gasteiger partial charge in [-0.3, -0.25) is 4.90 Å². The second-order valence-electron chi connectivity index (χ2n) is 5.36. The first-order valence-electron chi connectivity index (χ1n) is 6.92. The van der Waals surface area contributed by atoms with Gasteiger partial charge in [0.05, 0.1) is 0 Å². The van der Waals surface area contributed by atoms with E-state index in [0.717, 1.165) is 30.5 Å². The first-order valence-corrected chi connectivity index (χ1v) is 7.30. The van der Waals surface area contributed by atoms with Crippen molar-refractivity contribution in [3.05, 3.63) is 29.3 Å². The summed E-state index contributed by atoms with van der Waals surface area (Å²) in [4.78, 5) is 4.82. The van der Waals surface area contributed by atoms with Gasteiger partial charge < -0.3 is 9.64 Å². The molecule has 0 radical (unpaired) electrons. The van der Waals surface area contributed by atoms with Crippen LogP contribution >= 0.6 is 11.6 Å². The van der Waals surface area contributed by atoms with Gasteiger partial charge in [-0.05, 0) is 57.7 Å². The highest BCUT2D eigenvalue weighted by Crippen LogP contribution is 2.16. The minimum atomic E-state index is 0.685. The summed E-state index contributed by atoms with van der Waals surface area (Å²) in [7, 11) is 4.33. The molecule has 2 rings (SSSR count). The Morgan fingerprint density at radius 1 is 1.32 bits per heavy atom. The molecule has 106 valence electrons. The lowest BCUT2D eigenvalue weighted by Crippen LogP contribution is -2.46. The zero-order valence-electron chi connectivity index (χ0n) is 11.8. The second-order valence-corrected chi connectivity index (χ2v) is 5.80. The van der Waals surface area contributed by atoms with Gasteiger partial charge in [0.2, 0.25) is 0 Å². The maximum absolute atomic E-state index is 5.84. The van der Waals surface area contributed by atoms with Crippen LogP contribution < -0.4 is 4.74 Å². The van der Waals surface area contributed by atoms with Crippen LogP contribution in [-0.4, -0.2) is 56.2 Å². The number of halogens is 1. The van der Waals surface area contributed by atoms with Gasteiger partial charge >= 0.3 is 0 Å². The Labute approximate surface area is 121 Å². The lowest BCUT2D eigenvalue weighted by atomic mass is 10.1. The van der Waals surface area contributed by atoms with Crippen LogP contribution in [0, 0.1) is 0 Å².